The molecule has 2 aliphatic heterocycles. The summed E-state index contributed by atoms with van der Waals surface area (Å²) in [4.78, 5) is 22.7. The molecule has 2 aliphatic rings. The van der Waals surface area contributed by atoms with E-state index in [4.69, 9.17) is 4.74 Å². The minimum Gasteiger partial charge on any atom is -0.379 e. The molecule has 1 aromatic carbocycles. The van der Waals surface area contributed by atoms with Gasteiger partial charge in [-0.25, -0.2) is 0 Å². The molecule has 32 heavy (non-hydrogen) atoms. The van der Waals surface area contributed by atoms with Crippen LogP contribution in [-0.4, -0.2) is 64.5 Å². The summed E-state index contributed by atoms with van der Waals surface area (Å²) in [5, 5.41) is 0. The zero-order valence-electron chi connectivity index (χ0n) is 18.7. The van der Waals surface area contributed by atoms with E-state index in [2.05, 4.69) is 26.4 Å². The first kappa shape index (κ1) is 21.2. The number of benzene rings is 1. The van der Waals surface area contributed by atoms with Crippen molar-refractivity contribution in [1.29, 1.82) is 0 Å². The van der Waals surface area contributed by atoms with Crippen LogP contribution in [0.3, 0.4) is 0 Å². The van der Waals surface area contributed by atoms with Gasteiger partial charge in [-0.3, -0.25) is 14.7 Å². The maximum atomic E-state index is 13.6. The summed E-state index contributed by atoms with van der Waals surface area (Å²) >= 11 is 0. The van der Waals surface area contributed by atoms with Gasteiger partial charge in [-0.15, -0.1) is 0 Å². The van der Waals surface area contributed by atoms with Crippen LogP contribution in [-0.2, 0) is 17.7 Å². The summed E-state index contributed by atoms with van der Waals surface area (Å²) in [7, 11) is 0. The number of fused-ring (bicyclic) bond motifs is 1. The number of amides is 1. The van der Waals surface area contributed by atoms with Crippen LogP contribution in [0.5, 0.6) is 0 Å². The number of hydrogen-bond acceptors (Lipinski definition) is 4. The minimum atomic E-state index is 0.127. The van der Waals surface area contributed by atoms with Crippen molar-refractivity contribution in [2.45, 2.75) is 32.2 Å². The standard InChI is InChI=1S/C26H32N4O2/c31-26(23-8-3-2-7-22(23)19-28-11-4-1-5-12-28)30-15-16-32-20-21(18-30)17-24-25-9-6-13-29(25)14-10-27-24/h2-3,6-10,13-14,21H,1,4-5,11-12,15-20H2/t21-/m1/s1. The summed E-state index contributed by atoms with van der Waals surface area (Å²) in [5.41, 5.74) is 4.17. The summed E-state index contributed by atoms with van der Waals surface area (Å²) in [6.07, 6.45) is 10.5. The van der Waals surface area contributed by atoms with Crippen LogP contribution < -0.4 is 0 Å². The number of hydrogen-bond donors (Lipinski definition) is 0. The van der Waals surface area contributed by atoms with Crippen LogP contribution in [0.1, 0.15) is 40.9 Å². The average Bonchev–Trinajstić information content (AvgIpc) is 3.20. The van der Waals surface area contributed by atoms with Gasteiger partial charge in [0.2, 0.25) is 0 Å². The lowest BCUT2D eigenvalue weighted by Gasteiger charge is -2.28. The van der Waals surface area contributed by atoms with Gasteiger partial charge < -0.3 is 14.0 Å². The average molecular weight is 433 g/mol. The summed E-state index contributed by atoms with van der Waals surface area (Å²) < 4.78 is 8.00. The third-order valence-electron chi connectivity index (χ3n) is 6.73. The summed E-state index contributed by atoms with van der Waals surface area (Å²) in [6, 6.07) is 12.3. The number of aromatic nitrogens is 2. The SMILES string of the molecule is O=C(c1ccccc1CN1CCCCC1)N1CCOC[C@H](Cc2nccn3cccc23)C1. The lowest BCUT2D eigenvalue weighted by atomic mass is 10.0. The van der Waals surface area contributed by atoms with Crippen LogP contribution in [0.4, 0.5) is 0 Å². The Balaban J connectivity index is 1.32. The molecule has 0 unspecified atom stereocenters. The zero-order valence-corrected chi connectivity index (χ0v) is 18.7. The lowest BCUT2D eigenvalue weighted by molar-refractivity contribution is 0.0734. The van der Waals surface area contributed by atoms with Crippen molar-refractivity contribution in [2.75, 3.05) is 39.4 Å². The highest BCUT2D eigenvalue weighted by Crippen LogP contribution is 2.21. The molecule has 0 spiro atoms. The summed E-state index contributed by atoms with van der Waals surface area (Å²) in [5.74, 6) is 0.353. The number of ether oxygens (including phenoxy) is 1. The highest BCUT2D eigenvalue weighted by Gasteiger charge is 2.26. The maximum absolute atomic E-state index is 13.6. The third-order valence-corrected chi connectivity index (χ3v) is 6.73. The Morgan fingerprint density at radius 2 is 1.91 bits per heavy atom. The van der Waals surface area contributed by atoms with Gasteiger partial charge in [-0.1, -0.05) is 24.6 Å². The Morgan fingerprint density at radius 1 is 1.03 bits per heavy atom. The minimum absolute atomic E-state index is 0.127. The van der Waals surface area contributed by atoms with Gasteiger partial charge in [-0.2, -0.15) is 0 Å². The molecule has 2 fully saturated rings. The fraction of sp³-hybridized carbons (Fsp3) is 0.462. The van der Waals surface area contributed by atoms with Gasteiger partial charge in [-0.05, 0) is 56.1 Å². The Hall–Kier alpha value is -2.70. The number of nitrogens with zero attached hydrogens (tertiary/aromatic N) is 4. The number of carbonyl (C=O) groups excluding carboxylic acids is 1. The van der Waals surface area contributed by atoms with E-state index in [1.165, 1.54) is 19.3 Å². The molecule has 0 saturated carbocycles. The van der Waals surface area contributed by atoms with Crippen molar-refractivity contribution >= 4 is 11.4 Å². The first-order valence-electron chi connectivity index (χ1n) is 11.9. The van der Waals surface area contributed by atoms with Crippen molar-refractivity contribution in [3.63, 3.8) is 0 Å². The van der Waals surface area contributed by atoms with Gasteiger partial charge in [0.15, 0.2) is 0 Å². The van der Waals surface area contributed by atoms with Crippen LogP contribution >= 0.6 is 0 Å². The largest absolute Gasteiger partial charge is 0.379 e. The fourth-order valence-electron chi connectivity index (χ4n) is 5.04. The van der Waals surface area contributed by atoms with Crippen molar-refractivity contribution in [3.8, 4) is 0 Å². The van der Waals surface area contributed by atoms with E-state index in [1.54, 1.807) is 0 Å². The van der Waals surface area contributed by atoms with Crippen LogP contribution in [0.15, 0.2) is 55.0 Å². The zero-order chi connectivity index (χ0) is 21.8. The second-order valence-corrected chi connectivity index (χ2v) is 9.06. The van der Waals surface area contributed by atoms with E-state index in [0.717, 1.165) is 48.4 Å². The van der Waals surface area contributed by atoms with Gasteiger partial charge in [0.1, 0.15) is 0 Å². The summed E-state index contributed by atoms with van der Waals surface area (Å²) in [6.45, 7) is 5.68. The van der Waals surface area contributed by atoms with Gasteiger partial charge in [0.05, 0.1) is 24.4 Å². The van der Waals surface area contributed by atoms with Crippen LogP contribution in [0.2, 0.25) is 0 Å². The monoisotopic (exact) mass is 432 g/mol. The number of likely N-dealkylation sites (tertiary alicyclic amines) is 1. The number of piperidine rings is 1. The van der Waals surface area contributed by atoms with Crippen LogP contribution in [0.25, 0.3) is 5.52 Å². The Morgan fingerprint density at radius 3 is 2.81 bits per heavy atom. The van der Waals surface area contributed by atoms with E-state index in [0.29, 0.717) is 26.3 Å². The molecule has 6 nitrogen and oxygen atoms in total. The van der Waals surface area contributed by atoms with Crippen molar-refractivity contribution in [2.24, 2.45) is 5.92 Å². The van der Waals surface area contributed by atoms with E-state index < -0.39 is 0 Å². The van der Waals surface area contributed by atoms with Crippen LogP contribution in [0, 0.1) is 5.92 Å². The van der Waals surface area contributed by atoms with Gasteiger partial charge >= 0.3 is 0 Å². The van der Waals surface area contributed by atoms with E-state index in [9.17, 15) is 4.79 Å². The highest BCUT2D eigenvalue weighted by atomic mass is 16.5. The topological polar surface area (TPSA) is 50.1 Å². The molecule has 1 atom stereocenters. The lowest BCUT2D eigenvalue weighted by Crippen LogP contribution is -2.37. The molecule has 3 aromatic rings. The fourth-order valence-corrected chi connectivity index (χ4v) is 5.04. The molecule has 5 rings (SSSR count). The quantitative estimate of drug-likeness (QED) is 0.618. The molecular weight excluding hydrogens is 400 g/mol. The van der Waals surface area contributed by atoms with Crippen molar-refractivity contribution < 1.29 is 9.53 Å². The normalized spacial score (nSPS) is 20.4. The molecule has 0 radical (unpaired) electrons. The third kappa shape index (κ3) is 4.71. The Bertz CT molecular complexity index is 1060. The van der Waals surface area contributed by atoms with E-state index in [1.807, 2.05) is 47.8 Å². The maximum Gasteiger partial charge on any atom is 0.254 e. The molecule has 4 heterocycles. The van der Waals surface area contributed by atoms with Crippen molar-refractivity contribution in [1.82, 2.24) is 19.2 Å². The molecule has 0 bridgehead atoms. The van der Waals surface area contributed by atoms with E-state index >= 15 is 0 Å². The predicted molar refractivity (Wildman–Crippen MR) is 125 cm³/mol. The Labute approximate surface area is 189 Å². The molecule has 1 amide bonds. The Kier molecular flexibility index (Phi) is 6.51. The molecule has 0 N–H and O–H groups in total. The molecule has 6 heteroatoms. The predicted octanol–water partition coefficient (Wildman–Crippen LogP) is 3.65. The molecule has 0 aliphatic carbocycles. The second kappa shape index (κ2) is 9.84. The molecule has 2 saturated heterocycles. The number of carbonyl (C=O) groups is 1. The van der Waals surface area contributed by atoms with Crippen molar-refractivity contribution in [3.05, 3.63) is 71.8 Å². The van der Waals surface area contributed by atoms with E-state index in [-0.39, 0.29) is 11.8 Å². The first-order valence-corrected chi connectivity index (χ1v) is 11.9. The number of rotatable bonds is 5. The highest BCUT2D eigenvalue weighted by molar-refractivity contribution is 5.95. The molecule has 2 aromatic heterocycles. The van der Waals surface area contributed by atoms with Gasteiger partial charge in [0, 0.05) is 49.7 Å². The second-order valence-electron chi connectivity index (χ2n) is 9.06. The molecular formula is C26H32N4O2. The first-order chi connectivity index (χ1) is 15.8. The van der Waals surface area contributed by atoms with Gasteiger partial charge in [0.25, 0.3) is 5.91 Å². The molecule has 168 valence electrons. The smallest absolute Gasteiger partial charge is 0.254 e.